The Morgan fingerprint density at radius 1 is 1.65 bits per heavy atom. The van der Waals surface area contributed by atoms with Crippen LogP contribution in [0.1, 0.15) is 26.7 Å². The lowest BCUT2D eigenvalue weighted by molar-refractivity contribution is -0.146. The molecular formula is C12H23NO3S. The zero-order valence-electron chi connectivity index (χ0n) is 11.0. The Morgan fingerprint density at radius 3 is 2.94 bits per heavy atom. The fraction of sp³-hybridized carbons (Fsp3) is 0.917. The van der Waals surface area contributed by atoms with Gasteiger partial charge in [-0.3, -0.25) is 4.79 Å². The summed E-state index contributed by atoms with van der Waals surface area (Å²) >= 11 is 1.75. The van der Waals surface area contributed by atoms with Gasteiger partial charge in [-0.25, -0.2) is 0 Å². The number of likely N-dealkylation sites (N-methyl/N-ethyl adjacent to an activating group) is 1. The maximum atomic E-state index is 11.7. The molecule has 1 aliphatic rings. The molecule has 0 amide bonds. The summed E-state index contributed by atoms with van der Waals surface area (Å²) in [6, 6.07) is 0. The van der Waals surface area contributed by atoms with Gasteiger partial charge in [0.15, 0.2) is 0 Å². The number of hydrogen-bond donors (Lipinski definition) is 1. The molecule has 1 rings (SSSR count). The summed E-state index contributed by atoms with van der Waals surface area (Å²) in [5.74, 6) is 1.48. The molecule has 0 aromatic heterocycles. The summed E-state index contributed by atoms with van der Waals surface area (Å²) in [4.78, 5) is 11.7. The standard InChI is InChI=1S/C12H23NO3S/c1-4-13-12(2,11(14)15-3)9-17-8-10-6-5-7-16-10/h10,13H,4-9H2,1-3H3. The number of rotatable bonds is 7. The number of carbonyl (C=O) groups is 1. The van der Waals surface area contributed by atoms with Gasteiger partial charge in [0.05, 0.1) is 13.2 Å². The van der Waals surface area contributed by atoms with Crippen molar-refractivity contribution in [3.63, 3.8) is 0 Å². The van der Waals surface area contributed by atoms with Crippen LogP contribution in [0.15, 0.2) is 0 Å². The number of ether oxygens (including phenoxy) is 2. The van der Waals surface area contributed by atoms with Gasteiger partial charge in [0.2, 0.25) is 0 Å². The van der Waals surface area contributed by atoms with E-state index in [1.54, 1.807) is 11.8 Å². The molecule has 1 fully saturated rings. The van der Waals surface area contributed by atoms with Crippen molar-refractivity contribution in [3.8, 4) is 0 Å². The fourth-order valence-electron chi connectivity index (χ4n) is 1.97. The summed E-state index contributed by atoms with van der Waals surface area (Å²) in [5, 5.41) is 3.20. The molecule has 0 aliphatic carbocycles. The van der Waals surface area contributed by atoms with Crippen molar-refractivity contribution < 1.29 is 14.3 Å². The first kappa shape index (κ1) is 14.8. The quantitative estimate of drug-likeness (QED) is 0.703. The summed E-state index contributed by atoms with van der Waals surface area (Å²) in [7, 11) is 1.43. The fourth-order valence-corrected chi connectivity index (χ4v) is 3.24. The van der Waals surface area contributed by atoms with Gasteiger partial charge in [0.1, 0.15) is 5.54 Å². The first-order chi connectivity index (χ1) is 8.12. The molecule has 1 heterocycles. The van der Waals surface area contributed by atoms with Gasteiger partial charge in [-0.2, -0.15) is 11.8 Å². The number of hydrogen-bond acceptors (Lipinski definition) is 5. The Kier molecular flexibility index (Phi) is 6.30. The minimum absolute atomic E-state index is 0.195. The van der Waals surface area contributed by atoms with Gasteiger partial charge in [0.25, 0.3) is 0 Å². The Bertz CT molecular complexity index is 244. The van der Waals surface area contributed by atoms with Crippen LogP contribution < -0.4 is 5.32 Å². The largest absolute Gasteiger partial charge is 0.468 e. The van der Waals surface area contributed by atoms with Gasteiger partial charge in [0, 0.05) is 18.1 Å². The minimum atomic E-state index is -0.591. The van der Waals surface area contributed by atoms with Crippen LogP contribution in [0.3, 0.4) is 0 Å². The predicted molar refractivity (Wildman–Crippen MR) is 70.4 cm³/mol. The van der Waals surface area contributed by atoms with E-state index >= 15 is 0 Å². The average molecular weight is 261 g/mol. The third-order valence-corrected chi connectivity index (χ3v) is 4.31. The smallest absolute Gasteiger partial charge is 0.326 e. The van der Waals surface area contributed by atoms with E-state index in [1.807, 2.05) is 13.8 Å². The number of carbonyl (C=O) groups excluding carboxylic acids is 1. The molecule has 0 radical (unpaired) electrons. The van der Waals surface area contributed by atoms with Gasteiger partial charge in [-0.15, -0.1) is 0 Å². The van der Waals surface area contributed by atoms with E-state index < -0.39 is 5.54 Å². The number of nitrogens with one attached hydrogen (secondary N) is 1. The van der Waals surface area contributed by atoms with Crippen LogP contribution in [-0.4, -0.2) is 49.4 Å². The van der Waals surface area contributed by atoms with E-state index in [0.717, 1.165) is 31.7 Å². The monoisotopic (exact) mass is 261 g/mol. The van der Waals surface area contributed by atoms with Crippen LogP contribution in [0.5, 0.6) is 0 Å². The lowest BCUT2D eigenvalue weighted by atomic mass is 10.1. The van der Waals surface area contributed by atoms with Gasteiger partial charge in [-0.1, -0.05) is 6.92 Å². The van der Waals surface area contributed by atoms with Crippen molar-refractivity contribution in [3.05, 3.63) is 0 Å². The van der Waals surface area contributed by atoms with Gasteiger partial charge >= 0.3 is 5.97 Å². The van der Waals surface area contributed by atoms with Gasteiger partial charge < -0.3 is 14.8 Å². The van der Waals surface area contributed by atoms with Crippen LogP contribution in [0.4, 0.5) is 0 Å². The molecule has 0 bridgehead atoms. The van der Waals surface area contributed by atoms with Crippen LogP contribution in [0, 0.1) is 0 Å². The molecule has 1 N–H and O–H groups in total. The number of methoxy groups -OCH3 is 1. The molecule has 2 atom stereocenters. The molecule has 5 heteroatoms. The zero-order valence-corrected chi connectivity index (χ0v) is 11.8. The average Bonchev–Trinajstić information content (AvgIpc) is 2.81. The second-order valence-corrected chi connectivity index (χ2v) is 5.53. The van der Waals surface area contributed by atoms with Crippen molar-refractivity contribution in [2.24, 2.45) is 0 Å². The highest BCUT2D eigenvalue weighted by molar-refractivity contribution is 7.99. The van der Waals surface area contributed by atoms with E-state index in [0.29, 0.717) is 11.9 Å². The van der Waals surface area contributed by atoms with E-state index in [9.17, 15) is 4.79 Å². The summed E-state index contributed by atoms with van der Waals surface area (Å²) in [5.41, 5.74) is -0.591. The molecular weight excluding hydrogens is 238 g/mol. The van der Waals surface area contributed by atoms with E-state index in [-0.39, 0.29) is 5.97 Å². The first-order valence-corrected chi connectivity index (χ1v) is 7.30. The van der Waals surface area contributed by atoms with E-state index in [4.69, 9.17) is 9.47 Å². The summed E-state index contributed by atoms with van der Waals surface area (Å²) in [6.07, 6.45) is 2.67. The zero-order chi connectivity index (χ0) is 12.7. The first-order valence-electron chi connectivity index (χ1n) is 6.15. The molecule has 1 saturated heterocycles. The molecule has 0 aromatic carbocycles. The lowest BCUT2D eigenvalue weighted by Gasteiger charge is -2.27. The minimum Gasteiger partial charge on any atom is -0.468 e. The Labute approximate surface area is 108 Å². The third kappa shape index (κ3) is 4.48. The lowest BCUT2D eigenvalue weighted by Crippen LogP contribution is -2.52. The van der Waals surface area contributed by atoms with Crippen molar-refractivity contribution >= 4 is 17.7 Å². The second kappa shape index (κ2) is 7.24. The Balaban J connectivity index is 2.35. The van der Waals surface area contributed by atoms with Crippen molar-refractivity contribution in [1.82, 2.24) is 5.32 Å². The molecule has 0 aromatic rings. The molecule has 2 unspecified atom stereocenters. The topological polar surface area (TPSA) is 47.6 Å². The van der Waals surface area contributed by atoms with Crippen LogP contribution in [0.25, 0.3) is 0 Å². The van der Waals surface area contributed by atoms with Crippen LogP contribution in [0.2, 0.25) is 0 Å². The van der Waals surface area contributed by atoms with Crippen molar-refractivity contribution in [2.75, 3.05) is 31.8 Å². The van der Waals surface area contributed by atoms with E-state index in [2.05, 4.69) is 5.32 Å². The number of thioether (sulfide) groups is 1. The highest BCUT2D eigenvalue weighted by atomic mass is 32.2. The molecule has 0 spiro atoms. The highest BCUT2D eigenvalue weighted by Gasteiger charge is 2.33. The number of esters is 1. The Morgan fingerprint density at radius 2 is 2.41 bits per heavy atom. The maximum Gasteiger partial charge on any atom is 0.326 e. The molecule has 100 valence electrons. The summed E-state index contributed by atoms with van der Waals surface area (Å²) in [6.45, 7) is 5.52. The van der Waals surface area contributed by atoms with Gasteiger partial charge in [-0.05, 0) is 26.3 Å². The summed E-state index contributed by atoms with van der Waals surface area (Å²) < 4.78 is 10.4. The maximum absolute atomic E-state index is 11.7. The molecule has 1 aliphatic heterocycles. The predicted octanol–water partition coefficient (Wildman–Crippen LogP) is 1.44. The second-order valence-electron chi connectivity index (χ2n) is 4.50. The molecule has 17 heavy (non-hydrogen) atoms. The van der Waals surface area contributed by atoms with Crippen molar-refractivity contribution in [2.45, 2.75) is 38.3 Å². The van der Waals surface area contributed by atoms with Crippen LogP contribution >= 0.6 is 11.8 Å². The molecule has 0 saturated carbocycles. The van der Waals surface area contributed by atoms with Crippen LogP contribution in [-0.2, 0) is 14.3 Å². The third-order valence-electron chi connectivity index (χ3n) is 2.92. The van der Waals surface area contributed by atoms with Crippen molar-refractivity contribution in [1.29, 1.82) is 0 Å². The SMILES string of the molecule is CCNC(C)(CSCC1CCCO1)C(=O)OC. The Hall–Kier alpha value is -0.260. The van der Waals surface area contributed by atoms with E-state index in [1.165, 1.54) is 7.11 Å². The normalized spacial score (nSPS) is 23.4. The highest BCUT2D eigenvalue weighted by Crippen LogP contribution is 2.21. The molecule has 4 nitrogen and oxygen atoms in total.